The second kappa shape index (κ2) is 8.07. The molecule has 5 nitrogen and oxygen atoms in total. The Labute approximate surface area is 165 Å². The Balaban J connectivity index is 1.52. The standard InChI is InChI=1S/C23H25NO4/c1-16-8-18(12-22(9-16)26-2)19-10-20-14-27-15-21(11-19)24(20)23(25)28-13-17-6-4-3-5-7-17/h3-10,12,20-21H,11,13-15H2,1-2H3. The first-order chi connectivity index (χ1) is 13.6. The van der Waals surface area contributed by atoms with Crippen molar-refractivity contribution in [2.75, 3.05) is 20.3 Å². The van der Waals surface area contributed by atoms with Gasteiger partial charge in [-0.2, -0.15) is 0 Å². The lowest BCUT2D eigenvalue weighted by atomic mass is 9.89. The number of amides is 1. The molecule has 2 aromatic rings. The Morgan fingerprint density at radius 3 is 2.75 bits per heavy atom. The number of carbonyl (C=O) groups excluding carboxylic acids is 1. The summed E-state index contributed by atoms with van der Waals surface area (Å²) in [6.45, 7) is 3.36. The van der Waals surface area contributed by atoms with Gasteiger partial charge in [0.2, 0.25) is 0 Å². The fourth-order valence-electron chi connectivity index (χ4n) is 3.94. The van der Waals surface area contributed by atoms with Crippen molar-refractivity contribution in [1.82, 2.24) is 4.90 Å². The van der Waals surface area contributed by atoms with Crippen LogP contribution in [0.2, 0.25) is 0 Å². The molecule has 0 spiro atoms. The molecule has 28 heavy (non-hydrogen) atoms. The number of ether oxygens (including phenoxy) is 3. The van der Waals surface area contributed by atoms with Crippen LogP contribution in [0.25, 0.3) is 5.57 Å². The van der Waals surface area contributed by atoms with Crippen LogP contribution in [0.3, 0.4) is 0 Å². The number of benzene rings is 2. The fraction of sp³-hybridized carbons (Fsp3) is 0.348. The highest BCUT2D eigenvalue weighted by Gasteiger charge is 2.39. The van der Waals surface area contributed by atoms with Crippen LogP contribution in [0, 0.1) is 6.92 Å². The van der Waals surface area contributed by atoms with Gasteiger partial charge in [-0.05, 0) is 47.7 Å². The molecule has 5 heteroatoms. The van der Waals surface area contributed by atoms with E-state index in [-0.39, 0.29) is 24.8 Å². The normalized spacial score (nSPS) is 21.1. The molecule has 0 aromatic heterocycles. The summed E-state index contributed by atoms with van der Waals surface area (Å²) in [6, 6.07) is 15.8. The van der Waals surface area contributed by atoms with Gasteiger partial charge >= 0.3 is 6.09 Å². The van der Waals surface area contributed by atoms with E-state index in [1.165, 1.54) is 5.57 Å². The number of carbonyl (C=O) groups is 1. The zero-order valence-electron chi connectivity index (χ0n) is 16.3. The number of rotatable bonds is 4. The average molecular weight is 379 g/mol. The molecule has 0 aliphatic carbocycles. The lowest BCUT2D eigenvalue weighted by Crippen LogP contribution is -2.56. The third-order valence-corrected chi connectivity index (χ3v) is 5.27. The summed E-state index contributed by atoms with van der Waals surface area (Å²) in [5.74, 6) is 0.849. The molecule has 1 amide bonds. The average Bonchev–Trinajstić information content (AvgIpc) is 2.71. The molecule has 0 N–H and O–H groups in total. The maximum absolute atomic E-state index is 12.8. The SMILES string of the molecule is COc1cc(C)cc(C2=CC3COCC(C2)N3C(=O)OCc2ccccc2)c1. The van der Waals surface area contributed by atoms with Gasteiger partial charge in [-0.3, -0.25) is 4.90 Å². The van der Waals surface area contributed by atoms with Gasteiger partial charge in [-0.15, -0.1) is 0 Å². The van der Waals surface area contributed by atoms with Gasteiger partial charge in [0.25, 0.3) is 0 Å². The minimum absolute atomic E-state index is 0.0199. The molecule has 146 valence electrons. The van der Waals surface area contributed by atoms with E-state index in [1.54, 1.807) is 7.11 Å². The van der Waals surface area contributed by atoms with Crippen LogP contribution in [0.4, 0.5) is 4.79 Å². The highest BCUT2D eigenvalue weighted by Crippen LogP contribution is 2.34. The highest BCUT2D eigenvalue weighted by atomic mass is 16.6. The summed E-state index contributed by atoms with van der Waals surface area (Å²) in [5.41, 5.74) is 4.51. The van der Waals surface area contributed by atoms with Crippen LogP contribution >= 0.6 is 0 Å². The molecule has 2 aliphatic rings. The highest BCUT2D eigenvalue weighted by molar-refractivity contribution is 5.75. The van der Waals surface area contributed by atoms with Gasteiger partial charge in [0.15, 0.2) is 0 Å². The molecule has 2 unspecified atom stereocenters. The summed E-state index contributed by atoms with van der Waals surface area (Å²) < 4.78 is 16.7. The van der Waals surface area contributed by atoms with Crippen molar-refractivity contribution < 1.29 is 19.0 Å². The van der Waals surface area contributed by atoms with Crippen molar-refractivity contribution >= 4 is 11.7 Å². The molecule has 1 saturated heterocycles. The van der Waals surface area contributed by atoms with Crippen LogP contribution < -0.4 is 4.74 Å². The first-order valence-electron chi connectivity index (χ1n) is 9.57. The summed E-state index contributed by atoms with van der Waals surface area (Å²) in [5, 5.41) is 0. The first-order valence-corrected chi connectivity index (χ1v) is 9.57. The van der Waals surface area contributed by atoms with Gasteiger partial charge in [0, 0.05) is 0 Å². The van der Waals surface area contributed by atoms with Gasteiger partial charge < -0.3 is 14.2 Å². The summed E-state index contributed by atoms with van der Waals surface area (Å²) in [7, 11) is 1.68. The molecule has 2 aromatic carbocycles. The van der Waals surface area contributed by atoms with E-state index in [1.807, 2.05) is 41.3 Å². The van der Waals surface area contributed by atoms with E-state index in [0.29, 0.717) is 13.2 Å². The fourth-order valence-corrected chi connectivity index (χ4v) is 3.94. The van der Waals surface area contributed by atoms with Gasteiger partial charge in [0.1, 0.15) is 12.4 Å². The van der Waals surface area contributed by atoms with Crippen LogP contribution in [-0.4, -0.2) is 43.4 Å². The predicted octanol–water partition coefficient (Wildman–Crippen LogP) is 4.20. The number of fused-ring (bicyclic) bond motifs is 2. The smallest absolute Gasteiger partial charge is 0.411 e. The first kappa shape index (κ1) is 18.6. The number of aryl methyl sites for hydroxylation is 1. The van der Waals surface area contributed by atoms with Crippen LogP contribution in [-0.2, 0) is 16.1 Å². The quantitative estimate of drug-likeness (QED) is 0.799. The van der Waals surface area contributed by atoms with Gasteiger partial charge in [0.05, 0.1) is 32.4 Å². The Kier molecular flexibility index (Phi) is 5.35. The second-order valence-corrected chi connectivity index (χ2v) is 7.34. The van der Waals surface area contributed by atoms with Crippen LogP contribution in [0.5, 0.6) is 5.75 Å². The number of nitrogens with zero attached hydrogens (tertiary/aromatic N) is 1. The van der Waals surface area contributed by atoms with E-state index in [9.17, 15) is 4.79 Å². The molecule has 0 saturated carbocycles. The monoisotopic (exact) mass is 379 g/mol. The lowest BCUT2D eigenvalue weighted by Gasteiger charge is -2.43. The molecule has 2 heterocycles. The Hall–Kier alpha value is -2.79. The minimum Gasteiger partial charge on any atom is -0.497 e. The van der Waals surface area contributed by atoms with Crippen molar-refractivity contribution in [3.8, 4) is 5.75 Å². The van der Waals surface area contributed by atoms with Gasteiger partial charge in [-0.1, -0.05) is 42.5 Å². The molecule has 2 atom stereocenters. The van der Waals surface area contributed by atoms with Crippen LogP contribution in [0.15, 0.2) is 54.6 Å². The van der Waals surface area contributed by atoms with E-state index in [4.69, 9.17) is 14.2 Å². The zero-order chi connectivity index (χ0) is 19.5. The van der Waals surface area contributed by atoms with E-state index < -0.39 is 0 Å². The van der Waals surface area contributed by atoms with Crippen molar-refractivity contribution in [3.05, 3.63) is 71.3 Å². The maximum atomic E-state index is 12.8. The minimum atomic E-state index is -0.278. The molecular formula is C23H25NO4. The van der Waals surface area contributed by atoms with Crippen molar-refractivity contribution in [2.24, 2.45) is 0 Å². The summed E-state index contributed by atoms with van der Waals surface area (Å²) in [4.78, 5) is 14.6. The van der Waals surface area contributed by atoms with Crippen molar-refractivity contribution in [3.63, 3.8) is 0 Å². The third kappa shape index (κ3) is 3.90. The molecule has 4 rings (SSSR count). The molecule has 2 aliphatic heterocycles. The Morgan fingerprint density at radius 2 is 2.00 bits per heavy atom. The molecular weight excluding hydrogens is 354 g/mol. The topological polar surface area (TPSA) is 48.0 Å². The predicted molar refractivity (Wildman–Crippen MR) is 107 cm³/mol. The summed E-state index contributed by atoms with van der Waals surface area (Å²) >= 11 is 0. The lowest BCUT2D eigenvalue weighted by molar-refractivity contribution is -0.0342. The van der Waals surface area contributed by atoms with Gasteiger partial charge in [-0.25, -0.2) is 4.79 Å². The number of morpholine rings is 1. The number of methoxy groups -OCH3 is 1. The van der Waals surface area contributed by atoms with Crippen molar-refractivity contribution in [1.29, 1.82) is 0 Å². The molecule has 1 fully saturated rings. The Morgan fingerprint density at radius 1 is 1.18 bits per heavy atom. The Bertz CT molecular complexity index is 877. The number of hydrogen-bond donors (Lipinski definition) is 0. The van der Waals surface area contributed by atoms with Crippen LogP contribution in [0.1, 0.15) is 23.1 Å². The second-order valence-electron chi connectivity index (χ2n) is 7.34. The van der Waals surface area contributed by atoms with E-state index in [2.05, 4.69) is 25.1 Å². The molecule has 0 radical (unpaired) electrons. The van der Waals surface area contributed by atoms with Crippen molar-refractivity contribution in [2.45, 2.75) is 32.0 Å². The molecule has 2 bridgehead atoms. The zero-order valence-corrected chi connectivity index (χ0v) is 16.3. The van der Waals surface area contributed by atoms with E-state index in [0.717, 1.165) is 28.9 Å². The largest absolute Gasteiger partial charge is 0.497 e. The number of hydrogen-bond acceptors (Lipinski definition) is 4. The maximum Gasteiger partial charge on any atom is 0.411 e. The van der Waals surface area contributed by atoms with E-state index >= 15 is 0 Å². The third-order valence-electron chi connectivity index (χ3n) is 5.27. The summed E-state index contributed by atoms with van der Waals surface area (Å²) in [6.07, 6.45) is 2.59.